The molecule has 0 aliphatic heterocycles. The van der Waals surface area contributed by atoms with Crippen LogP contribution in [0.1, 0.15) is 54.2 Å². The molecule has 0 saturated carbocycles. The fourth-order valence-electron chi connectivity index (χ4n) is 4.71. The molecule has 0 spiro atoms. The second kappa shape index (κ2) is 23.5. The minimum atomic E-state index is -4.56. The highest BCUT2D eigenvalue weighted by Gasteiger charge is 2.31. The average Bonchev–Trinajstić information content (AvgIpc) is 3.12. The van der Waals surface area contributed by atoms with Gasteiger partial charge in [-0.15, -0.1) is 11.6 Å². The Kier molecular flexibility index (Phi) is 21.1. The molecule has 3 rings (SSSR count). The fraction of sp³-hybridized carbons (Fsp3) is 0.405. The number of carbonyl (C=O) groups is 4. The van der Waals surface area contributed by atoms with E-state index < -0.39 is 49.2 Å². The van der Waals surface area contributed by atoms with Crippen molar-refractivity contribution < 1.29 is 66.2 Å². The third-order valence-corrected chi connectivity index (χ3v) is 9.56. The lowest BCUT2D eigenvalue weighted by molar-refractivity contribution is -0.146. The molecule has 0 fully saturated rings. The Morgan fingerprint density at radius 2 is 1.61 bits per heavy atom. The number of rotatable bonds is 15. The van der Waals surface area contributed by atoms with Gasteiger partial charge in [0.25, 0.3) is 0 Å². The molecule has 0 heterocycles. The smallest absolute Gasteiger partial charge is 0.416 e. The first kappa shape index (κ1) is 51.1. The first-order valence-corrected chi connectivity index (χ1v) is 20.5. The zero-order chi connectivity index (χ0) is 43.8. The van der Waals surface area contributed by atoms with Crippen molar-refractivity contribution in [2.24, 2.45) is 5.73 Å². The average molecular weight is 888 g/mol. The number of carbonyl (C=O) groups excluding carboxylic acids is 2. The van der Waals surface area contributed by atoms with Crippen molar-refractivity contribution in [2.45, 2.75) is 64.9 Å². The predicted octanol–water partition coefficient (Wildman–Crippen LogP) is 8.29. The summed E-state index contributed by atoms with van der Waals surface area (Å²) in [5.41, 5.74) is 7.19. The summed E-state index contributed by atoms with van der Waals surface area (Å²) in [7, 11) is -1.47. The van der Waals surface area contributed by atoms with Crippen molar-refractivity contribution in [3.63, 3.8) is 0 Å². The molecule has 0 aromatic heterocycles. The number of aliphatic carboxylic acids is 2. The third-order valence-electron chi connectivity index (χ3n) is 7.62. The number of halogens is 6. The van der Waals surface area contributed by atoms with Crippen LogP contribution in [0.2, 0.25) is 10.0 Å². The van der Waals surface area contributed by atoms with E-state index in [0.717, 1.165) is 48.4 Å². The molecule has 3 aromatic carbocycles. The molecule has 5 N–H and O–H groups in total. The number of amides is 1. The molecule has 13 nitrogen and oxygen atoms in total. The predicted molar refractivity (Wildman–Crippen MR) is 211 cm³/mol. The lowest BCUT2D eigenvalue weighted by Gasteiger charge is -2.31. The maximum Gasteiger partial charge on any atom is 0.416 e. The van der Waals surface area contributed by atoms with E-state index >= 15 is 0 Å². The number of anilines is 1. The van der Waals surface area contributed by atoms with E-state index in [1.165, 1.54) is 18.8 Å². The maximum atomic E-state index is 12.7. The van der Waals surface area contributed by atoms with Gasteiger partial charge in [-0.1, -0.05) is 48.3 Å². The van der Waals surface area contributed by atoms with E-state index in [1.54, 1.807) is 12.0 Å². The molecule has 0 saturated heterocycles. The highest BCUT2D eigenvalue weighted by molar-refractivity contribution is 7.57. The highest BCUT2D eigenvalue weighted by Crippen LogP contribution is 2.38. The van der Waals surface area contributed by atoms with Gasteiger partial charge in [-0.25, -0.2) is 9.59 Å². The third kappa shape index (κ3) is 17.2. The normalized spacial score (nSPS) is 13.6. The summed E-state index contributed by atoms with van der Waals surface area (Å²) in [6.45, 7) is 8.91. The summed E-state index contributed by atoms with van der Waals surface area (Å²) < 4.78 is 63.9. The maximum absolute atomic E-state index is 12.7. The van der Waals surface area contributed by atoms with E-state index in [-0.39, 0.29) is 57.5 Å². The summed E-state index contributed by atoms with van der Waals surface area (Å²) >= 11 is 17.5. The van der Waals surface area contributed by atoms with Crippen LogP contribution in [-0.2, 0) is 41.0 Å². The van der Waals surface area contributed by atoms with Gasteiger partial charge in [-0.3, -0.25) is 14.2 Å². The number of hydrogen-bond acceptors (Lipinski definition) is 9. The van der Waals surface area contributed by atoms with Gasteiger partial charge in [0.2, 0.25) is 5.91 Å². The van der Waals surface area contributed by atoms with Crippen LogP contribution in [0.5, 0.6) is 11.5 Å². The number of nitrogens with two attached hydrogens (primary N) is 1. The molecular weight excluding hydrogens is 843 g/mol. The quantitative estimate of drug-likeness (QED) is 0.0647. The summed E-state index contributed by atoms with van der Waals surface area (Å²) in [6, 6.07) is 11.3. The van der Waals surface area contributed by atoms with Gasteiger partial charge in [0.15, 0.2) is 13.5 Å². The van der Waals surface area contributed by atoms with Crippen LogP contribution in [0.25, 0.3) is 0 Å². The number of hydrogen-bond donors (Lipinski definition) is 4. The molecular formula is C37H45Cl3F3N2O11P. The van der Waals surface area contributed by atoms with E-state index in [4.69, 9.17) is 69.9 Å². The Hall–Kier alpha value is -3.89. The minimum absolute atomic E-state index is 0.0223. The van der Waals surface area contributed by atoms with E-state index in [2.05, 4.69) is 13.0 Å². The number of esters is 1. The van der Waals surface area contributed by atoms with Gasteiger partial charge in [0, 0.05) is 19.9 Å². The van der Waals surface area contributed by atoms with Gasteiger partial charge in [0.1, 0.15) is 23.4 Å². The first-order valence-electron chi connectivity index (χ1n) is 16.9. The van der Waals surface area contributed by atoms with Crippen LogP contribution in [-0.4, -0.2) is 89.5 Å². The van der Waals surface area contributed by atoms with E-state index in [0.29, 0.717) is 12.7 Å². The number of benzene rings is 3. The number of para-hydroxylation sites is 1. The number of ether oxygens (including phenoxy) is 3. The number of methoxy groups -OCH3 is 1. The van der Waals surface area contributed by atoms with Crippen LogP contribution in [0.15, 0.2) is 54.6 Å². The Bertz CT molecular complexity index is 1900. The van der Waals surface area contributed by atoms with Gasteiger partial charge in [-0.2, -0.15) is 13.2 Å². The molecule has 0 bridgehead atoms. The Morgan fingerprint density at radius 3 is 2.11 bits per heavy atom. The van der Waals surface area contributed by atoms with Gasteiger partial charge >= 0.3 is 24.1 Å². The van der Waals surface area contributed by atoms with Crippen LogP contribution in [0, 0.1) is 6.92 Å². The van der Waals surface area contributed by atoms with Crippen LogP contribution < -0.4 is 15.4 Å². The van der Waals surface area contributed by atoms with Crippen molar-refractivity contribution in [1.29, 1.82) is 0 Å². The van der Waals surface area contributed by atoms with Crippen molar-refractivity contribution in [2.75, 3.05) is 37.3 Å². The van der Waals surface area contributed by atoms with Crippen LogP contribution in [0.3, 0.4) is 0 Å². The molecule has 0 aliphatic carbocycles. The number of alkyl halides is 4. The molecule has 57 heavy (non-hydrogen) atoms. The van der Waals surface area contributed by atoms with Crippen molar-refractivity contribution in [1.82, 2.24) is 0 Å². The Balaban J connectivity index is 0.000000470. The van der Waals surface area contributed by atoms with Gasteiger partial charge < -0.3 is 40.0 Å². The fourth-order valence-corrected chi connectivity index (χ4v) is 6.01. The van der Waals surface area contributed by atoms with E-state index in [1.807, 2.05) is 26.0 Å². The lowest BCUT2D eigenvalue weighted by Crippen LogP contribution is -2.43. The zero-order valence-corrected chi connectivity index (χ0v) is 35.0. The molecule has 316 valence electrons. The standard InChI is InChI=1S/C17H11Cl2F3O5.C15H22ClNO2.C5H12NO4P/c1-8(15(23)24)26-16(25)11-7-10(3-4-12(11)18)27-14-5-2-9(6-13(14)19)17(20,21)22;1-5-13-8-6-7-11(2)15(13)17(14(18)9-16)12(3)10-19-4;1-11(9,10)3-2-4(6)5(7)8/h2-8H,1H3,(H,23,24);6-8,12H,5,9-10H2,1-4H3;4H,2-3,6H2,1H3,(H,7,8)(H,9,10)/t8-;;/m0../s1. The van der Waals surface area contributed by atoms with Crippen molar-refractivity contribution in [3.8, 4) is 11.5 Å². The second-order valence-corrected chi connectivity index (χ2v) is 16.0. The Morgan fingerprint density at radius 1 is 0.982 bits per heavy atom. The molecule has 0 aliphatic rings. The summed E-state index contributed by atoms with van der Waals surface area (Å²) in [4.78, 5) is 55.6. The summed E-state index contributed by atoms with van der Waals surface area (Å²) in [6.07, 6.45) is -5.08. The molecule has 20 heteroatoms. The Labute approximate surface area is 343 Å². The minimum Gasteiger partial charge on any atom is -0.480 e. The monoisotopic (exact) mass is 886 g/mol. The zero-order valence-electron chi connectivity index (χ0n) is 31.8. The lowest BCUT2D eigenvalue weighted by atomic mass is 10.0. The first-order chi connectivity index (χ1) is 26.4. The number of carboxylic acid groups (broad SMARTS) is 2. The molecule has 1 amide bonds. The second-order valence-electron chi connectivity index (χ2n) is 12.4. The molecule has 3 unspecified atom stereocenters. The summed E-state index contributed by atoms with van der Waals surface area (Å²) in [5.74, 6) is -3.64. The largest absolute Gasteiger partial charge is 0.480 e. The van der Waals surface area contributed by atoms with Crippen molar-refractivity contribution >= 4 is 71.7 Å². The topological polar surface area (TPSA) is 203 Å². The highest BCUT2D eigenvalue weighted by atomic mass is 35.5. The number of nitrogens with zero attached hydrogens (tertiary/aromatic N) is 1. The number of carboxylic acids is 2. The van der Waals surface area contributed by atoms with Crippen LogP contribution >= 0.6 is 42.2 Å². The molecule has 0 radical (unpaired) electrons. The van der Waals surface area contributed by atoms with Gasteiger partial charge in [0.05, 0.1) is 39.5 Å². The van der Waals surface area contributed by atoms with E-state index in [9.17, 15) is 36.9 Å². The van der Waals surface area contributed by atoms with Gasteiger partial charge in [-0.05, 0) is 81.1 Å². The van der Waals surface area contributed by atoms with Crippen molar-refractivity contribution in [3.05, 3.63) is 86.9 Å². The molecule has 3 aromatic rings. The summed E-state index contributed by atoms with van der Waals surface area (Å²) in [5, 5.41) is 16.7. The SMILES string of the molecule is CCc1cccc(C)c1N(C(=O)CCl)C(C)COC.CP(=O)(O)CCC(N)C(=O)O.C[C@H](OC(=O)c1cc(Oc2ccc(C(F)(F)F)cc2Cl)ccc1Cl)C(=O)O. The van der Waals surface area contributed by atoms with Crippen LogP contribution in [0.4, 0.5) is 18.9 Å². The number of aryl methyl sites for hydroxylation is 2. The molecule has 4 atom stereocenters.